The summed E-state index contributed by atoms with van der Waals surface area (Å²) in [6.45, 7) is 6.61. The van der Waals surface area contributed by atoms with E-state index in [0.29, 0.717) is 19.3 Å². The third kappa shape index (κ3) is 52.3. The van der Waals surface area contributed by atoms with Gasteiger partial charge in [-0.05, 0) is 103 Å². The number of allylic oxidation sites excluding steroid dienone is 8. The molecule has 66 heavy (non-hydrogen) atoms. The summed E-state index contributed by atoms with van der Waals surface area (Å²) in [4.78, 5) is 38.1. The number of unbranched alkanes of at least 4 members (excludes halogenated alkanes) is 33. The molecular formula is C60H108O6. The Hall–Kier alpha value is -2.63. The Bertz CT molecular complexity index is 1150. The minimum atomic E-state index is -0.786. The van der Waals surface area contributed by atoms with E-state index in [1.165, 1.54) is 167 Å². The molecule has 0 spiro atoms. The van der Waals surface area contributed by atoms with Crippen LogP contribution in [-0.2, 0) is 28.6 Å². The van der Waals surface area contributed by atoms with Crippen molar-refractivity contribution < 1.29 is 28.6 Å². The van der Waals surface area contributed by atoms with Gasteiger partial charge >= 0.3 is 17.9 Å². The maximum Gasteiger partial charge on any atom is 0.306 e. The minimum absolute atomic E-state index is 0.0841. The summed E-state index contributed by atoms with van der Waals surface area (Å²) in [7, 11) is 0. The standard InChI is InChI=1S/C60H108O6/c1-4-7-10-13-16-19-22-25-27-29-31-32-35-38-41-44-47-50-53-59(62)65-56-57(55-64-58(61)52-49-46-43-40-37-34-24-21-18-15-12-9-6-3)66-60(63)54-51-48-45-42-39-36-33-30-28-26-23-20-17-14-11-8-5-2/h17,20,26,28,31-32,34,37,57H,4-16,18-19,21-25,27,29-30,33,35-36,38-56H2,1-3H3/b20-17-,28-26-,32-31-,37-34-. The van der Waals surface area contributed by atoms with Gasteiger partial charge in [-0.2, -0.15) is 0 Å². The van der Waals surface area contributed by atoms with Gasteiger partial charge in [0.2, 0.25) is 0 Å². The molecule has 0 aromatic rings. The molecule has 0 heterocycles. The summed E-state index contributed by atoms with van der Waals surface area (Å²) in [5, 5.41) is 0. The van der Waals surface area contributed by atoms with Crippen LogP contribution in [-0.4, -0.2) is 37.2 Å². The number of carbonyl (C=O) groups is 3. The quantitative estimate of drug-likeness (QED) is 0.0262. The Morgan fingerprint density at radius 3 is 0.894 bits per heavy atom. The molecule has 0 aliphatic rings. The van der Waals surface area contributed by atoms with E-state index in [9.17, 15) is 14.4 Å². The first-order chi connectivity index (χ1) is 32.5. The molecule has 0 aromatic heterocycles. The van der Waals surface area contributed by atoms with Crippen molar-refractivity contribution in [3.8, 4) is 0 Å². The number of hydrogen-bond donors (Lipinski definition) is 0. The van der Waals surface area contributed by atoms with Crippen molar-refractivity contribution in [2.45, 2.75) is 303 Å². The average molecular weight is 926 g/mol. The fourth-order valence-corrected chi connectivity index (χ4v) is 8.17. The van der Waals surface area contributed by atoms with Crippen molar-refractivity contribution in [2.75, 3.05) is 13.2 Å². The molecule has 0 aromatic carbocycles. The normalized spacial score (nSPS) is 12.3. The van der Waals surface area contributed by atoms with E-state index < -0.39 is 6.10 Å². The fourth-order valence-electron chi connectivity index (χ4n) is 8.17. The summed E-state index contributed by atoms with van der Waals surface area (Å²) in [5.74, 6) is -0.904. The zero-order chi connectivity index (χ0) is 47.9. The molecule has 0 fully saturated rings. The van der Waals surface area contributed by atoms with Crippen molar-refractivity contribution in [2.24, 2.45) is 0 Å². The van der Waals surface area contributed by atoms with Gasteiger partial charge < -0.3 is 14.2 Å². The van der Waals surface area contributed by atoms with Crippen molar-refractivity contribution in [1.82, 2.24) is 0 Å². The lowest BCUT2D eigenvalue weighted by molar-refractivity contribution is -0.167. The van der Waals surface area contributed by atoms with Crippen LogP contribution in [0.5, 0.6) is 0 Å². The molecule has 6 heteroatoms. The molecule has 0 radical (unpaired) electrons. The first-order valence-electron chi connectivity index (χ1n) is 28.6. The van der Waals surface area contributed by atoms with Crippen molar-refractivity contribution >= 4 is 17.9 Å². The molecule has 1 unspecified atom stereocenters. The molecule has 1 atom stereocenters. The molecule has 0 saturated carbocycles. The van der Waals surface area contributed by atoms with Crippen LogP contribution in [0.1, 0.15) is 297 Å². The zero-order valence-corrected chi connectivity index (χ0v) is 44.0. The summed E-state index contributed by atoms with van der Waals surface area (Å²) >= 11 is 0. The molecule has 0 aliphatic heterocycles. The van der Waals surface area contributed by atoms with Crippen molar-refractivity contribution in [3.05, 3.63) is 48.6 Å². The third-order valence-corrected chi connectivity index (χ3v) is 12.5. The van der Waals surface area contributed by atoms with Crippen LogP contribution in [0.4, 0.5) is 0 Å². The second kappa shape index (κ2) is 55.0. The Balaban J connectivity index is 4.39. The molecule has 0 amide bonds. The lowest BCUT2D eigenvalue weighted by Crippen LogP contribution is -2.30. The van der Waals surface area contributed by atoms with E-state index in [1.807, 2.05) is 0 Å². The number of esters is 3. The molecular weight excluding hydrogens is 817 g/mol. The second-order valence-electron chi connectivity index (χ2n) is 19.2. The van der Waals surface area contributed by atoms with Gasteiger partial charge in [-0.3, -0.25) is 14.4 Å². The van der Waals surface area contributed by atoms with E-state index in [4.69, 9.17) is 14.2 Å². The second-order valence-corrected chi connectivity index (χ2v) is 19.2. The van der Waals surface area contributed by atoms with Crippen LogP contribution in [0, 0.1) is 0 Å². The summed E-state index contributed by atoms with van der Waals surface area (Å²) < 4.78 is 16.8. The van der Waals surface area contributed by atoms with Gasteiger partial charge in [0.15, 0.2) is 6.10 Å². The Labute approximate surface area is 409 Å². The Morgan fingerprint density at radius 1 is 0.303 bits per heavy atom. The Kier molecular flexibility index (Phi) is 52.8. The monoisotopic (exact) mass is 925 g/mol. The SMILES string of the molecule is CCCCC/C=C\C/C=C\CCCCCCCCCC(=O)OC(COC(=O)CCCCC/C=C\CCCCCCCC)COC(=O)CCCCCCC/C=C\CCCCCCCCCCC. The number of rotatable bonds is 52. The molecule has 0 N–H and O–H groups in total. The topological polar surface area (TPSA) is 78.9 Å². The lowest BCUT2D eigenvalue weighted by atomic mass is 10.1. The van der Waals surface area contributed by atoms with Gasteiger partial charge in [-0.1, -0.05) is 223 Å². The van der Waals surface area contributed by atoms with Gasteiger partial charge in [-0.25, -0.2) is 0 Å². The highest BCUT2D eigenvalue weighted by atomic mass is 16.6. The first kappa shape index (κ1) is 63.4. The van der Waals surface area contributed by atoms with Crippen molar-refractivity contribution in [3.63, 3.8) is 0 Å². The molecule has 6 nitrogen and oxygen atoms in total. The predicted octanol–water partition coefficient (Wildman–Crippen LogP) is 19.0. The van der Waals surface area contributed by atoms with Gasteiger partial charge in [0.25, 0.3) is 0 Å². The third-order valence-electron chi connectivity index (χ3n) is 12.5. The average Bonchev–Trinajstić information content (AvgIpc) is 3.31. The van der Waals surface area contributed by atoms with Crippen LogP contribution >= 0.6 is 0 Å². The summed E-state index contributed by atoms with van der Waals surface area (Å²) in [6.07, 6.45) is 66.7. The highest BCUT2D eigenvalue weighted by Gasteiger charge is 2.19. The summed E-state index contributed by atoms with van der Waals surface area (Å²) in [5.41, 5.74) is 0. The highest BCUT2D eigenvalue weighted by molar-refractivity contribution is 5.71. The van der Waals surface area contributed by atoms with E-state index in [-0.39, 0.29) is 31.1 Å². The number of carbonyl (C=O) groups excluding carboxylic acids is 3. The van der Waals surface area contributed by atoms with Gasteiger partial charge in [0, 0.05) is 19.3 Å². The molecule has 0 aliphatic carbocycles. The molecule has 384 valence electrons. The fraction of sp³-hybridized carbons (Fsp3) is 0.817. The molecule has 0 saturated heterocycles. The minimum Gasteiger partial charge on any atom is -0.462 e. The van der Waals surface area contributed by atoms with Crippen LogP contribution in [0.3, 0.4) is 0 Å². The van der Waals surface area contributed by atoms with Gasteiger partial charge in [0.05, 0.1) is 0 Å². The van der Waals surface area contributed by atoms with Crippen LogP contribution in [0.2, 0.25) is 0 Å². The van der Waals surface area contributed by atoms with E-state index in [0.717, 1.165) is 89.9 Å². The van der Waals surface area contributed by atoms with Crippen LogP contribution in [0.25, 0.3) is 0 Å². The summed E-state index contributed by atoms with van der Waals surface area (Å²) in [6, 6.07) is 0. The maximum atomic E-state index is 12.8. The van der Waals surface area contributed by atoms with Crippen LogP contribution < -0.4 is 0 Å². The van der Waals surface area contributed by atoms with E-state index >= 15 is 0 Å². The highest BCUT2D eigenvalue weighted by Crippen LogP contribution is 2.15. The van der Waals surface area contributed by atoms with Crippen molar-refractivity contribution in [1.29, 1.82) is 0 Å². The number of hydrogen-bond acceptors (Lipinski definition) is 6. The predicted molar refractivity (Wildman–Crippen MR) is 284 cm³/mol. The number of ether oxygens (including phenoxy) is 3. The zero-order valence-electron chi connectivity index (χ0n) is 44.0. The van der Waals surface area contributed by atoms with E-state index in [2.05, 4.69) is 69.4 Å². The molecule has 0 rings (SSSR count). The molecule has 0 bridgehead atoms. The maximum absolute atomic E-state index is 12.8. The van der Waals surface area contributed by atoms with Crippen LogP contribution in [0.15, 0.2) is 48.6 Å². The smallest absolute Gasteiger partial charge is 0.306 e. The van der Waals surface area contributed by atoms with Gasteiger partial charge in [-0.15, -0.1) is 0 Å². The van der Waals surface area contributed by atoms with E-state index in [1.54, 1.807) is 0 Å². The first-order valence-corrected chi connectivity index (χ1v) is 28.6. The largest absolute Gasteiger partial charge is 0.462 e. The van der Waals surface area contributed by atoms with Gasteiger partial charge in [0.1, 0.15) is 13.2 Å². The lowest BCUT2D eigenvalue weighted by Gasteiger charge is -2.18. The Morgan fingerprint density at radius 2 is 0.545 bits per heavy atom.